The van der Waals surface area contributed by atoms with Crippen molar-refractivity contribution in [2.75, 3.05) is 5.32 Å². The van der Waals surface area contributed by atoms with Gasteiger partial charge in [0.2, 0.25) is 9.84 Å². The number of hydrogen-bond acceptors (Lipinski definition) is 5. The van der Waals surface area contributed by atoms with Crippen molar-refractivity contribution in [3.63, 3.8) is 0 Å². The molecule has 0 aliphatic rings. The molecule has 0 unspecified atom stereocenters. The lowest BCUT2D eigenvalue weighted by molar-refractivity contribution is -0.137. The number of aromatic amines is 1. The summed E-state index contributed by atoms with van der Waals surface area (Å²) >= 11 is 5.96. The van der Waals surface area contributed by atoms with E-state index in [1.165, 1.54) is 42.5 Å². The van der Waals surface area contributed by atoms with Crippen molar-refractivity contribution in [1.29, 1.82) is 0 Å². The minimum atomic E-state index is -4.48. The summed E-state index contributed by atoms with van der Waals surface area (Å²) < 4.78 is 65.1. The standard InChI is InChI=1S/C21H14ClF3N4O2S/c22-18-10-9-17(32(30,31)15-7-2-1-3-8-15)20(26-18)27-19-12-16(28-29-19)13-5-4-6-14(11-13)21(23,24)25/h1-12H,(H2,26,27,28,29). The van der Waals surface area contributed by atoms with E-state index in [-0.39, 0.29) is 32.1 Å². The molecule has 2 heterocycles. The van der Waals surface area contributed by atoms with Gasteiger partial charge in [-0.2, -0.15) is 18.3 Å². The Balaban J connectivity index is 1.69. The molecule has 0 aliphatic carbocycles. The molecule has 11 heteroatoms. The van der Waals surface area contributed by atoms with Gasteiger partial charge < -0.3 is 5.32 Å². The molecule has 0 saturated carbocycles. The maximum atomic E-state index is 13.1. The van der Waals surface area contributed by atoms with Gasteiger partial charge in [-0.25, -0.2) is 13.4 Å². The van der Waals surface area contributed by atoms with E-state index in [9.17, 15) is 21.6 Å². The summed E-state index contributed by atoms with van der Waals surface area (Å²) in [7, 11) is -3.92. The summed E-state index contributed by atoms with van der Waals surface area (Å²) in [6.07, 6.45) is -4.48. The first kappa shape index (κ1) is 21.8. The Kier molecular flexibility index (Phi) is 5.66. The van der Waals surface area contributed by atoms with Crippen molar-refractivity contribution in [2.45, 2.75) is 16.0 Å². The number of pyridine rings is 1. The fraction of sp³-hybridized carbons (Fsp3) is 0.0476. The number of hydrogen-bond donors (Lipinski definition) is 2. The van der Waals surface area contributed by atoms with Gasteiger partial charge in [-0.15, -0.1) is 0 Å². The first-order valence-electron chi connectivity index (χ1n) is 9.11. The van der Waals surface area contributed by atoms with E-state index in [4.69, 9.17) is 11.6 Å². The lowest BCUT2D eigenvalue weighted by Crippen LogP contribution is -2.07. The lowest BCUT2D eigenvalue weighted by atomic mass is 10.1. The molecule has 0 atom stereocenters. The number of alkyl halides is 3. The third kappa shape index (κ3) is 4.46. The van der Waals surface area contributed by atoms with E-state index in [0.717, 1.165) is 12.1 Å². The average Bonchev–Trinajstić information content (AvgIpc) is 3.22. The third-order valence-electron chi connectivity index (χ3n) is 4.49. The van der Waals surface area contributed by atoms with Crippen LogP contribution < -0.4 is 5.32 Å². The maximum absolute atomic E-state index is 13.1. The van der Waals surface area contributed by atoms with E-state index in [2.05, 4.69) is 20.5 Å². The predicted octanol–water partition coefficient (Wildman–Crippen LogP) is 5.72. The Morgan fingerprint density at radius 2 is 1.69 bits per heavy atom. The van der Waals surface area contributed by atoms with Gasteiger partial charge in [0.25, 0.3) is 0 Å². The van der Waals surface area contributed by atoms with E-state index in [0.29, 0.717) is 5.69 Å². The van der Waals surface area contributed by atoms with Crippen LogP contribution in [0.5, 0.6) is 0 Å². The third-order valence-corrected chi connectivity index (χ3v) is 6.50. The normalized spacial score (nSPS) is 12.0. The van der Waals surface area contributed by atoms with Crippen LogP contribution in [0.4, 0.5) is 24.8 Å². The molecule has 0 aliphatic heterocycles. The molecule has 6 nitrogen and oxygen atoms in total. The molecule has 2 aromatic carbocycles. The van der Waals surface area contributed by atoms with Crippen LogP contribution in [0, 0.1) is 0 Å². The number of nitrogens with one attached hydrogen (secondary N) is 2. The average molecular weight is 479 g/mol. The summed E-state index contributed by atoms with van der Waals surface area (Å²) in [6.45, 7) is 0. The van der Waals surface area contributed by atoms with Gasteiger partial charge in [-0.1, -0.05) is 41.9 Å². The quantitative estimate of drug-likeness (QED) is 0.358. The van der Waals surface area contributed by atoms with Crippen LogP contribution in [0.3, 0.4) is 0 Å². The monoisotopic (exact) mass is 478 g/mol. The number of nitrogens with zero attached hydrogens (tertiary/aromatic N) is 2. The molecule has 0 spiro atoms. The van der Waals surface area contributed by atoms with Gasteiger partial charge in [0.1, 0.15) is 10.0 Å². The molecule has 0 saturated heterocycles. The molecule has 0 amide bonds. The van der Waals surface area contributed by atoms with E-state index in [1.54, 1.807) is 18.2 Å². The second kappa shape index (κ2) is 8.29. The van der Waals surface area contributed by atoms with Gasteiger partial charge >= 0.3 is 6.18 Å². The fourth-order valence-corrected chi connectivity index (χ4v) is 4.49. The Morgan fingerprint density at radius 3 is 2.41 bits per heavy atom. The van der Waals surface area contributed by atoms with Gasteiger partial charge in [-0.05, 0) is 36.4 Å². The Bertz CT molecular complexity index is 1370. The summed E-state index contributed by atoms with van der Waals surface area (Å²) in [5.74, 6) is 0.0835. The summed E-state index contributed by atoms with van der Waals surface area (Å²) in [6, 6.07) is 16.6. The van der Waals surface area contributed by atoms with E-state index < -0.39 is 21.6 Å². The number of aromatic nitrogens is 3. The minimum absolute atomic E-state index is 0.0492. The number of benzene rings is 2. The topological polar surface area (TPSA) is 87.7 Å². The zero-order valence-corrected chi connectivity index (χ0v) is 17.6. The molecule has 2 N–H and O–H groups in total. The van der Waals surface area contributed by atoms with Crippen LogP contribution in [0.25, 0.3) is 11.3 Å². The SMILES string of the molecule is O=S(=O)(c1ccccc1)c1ccc(Cl)nc1Nc1cc(-c2cccc(C(F)(F)F)c2)[nH]n1. The highest BCUT2D eigenvalue weighted by molar-refractivity contribution is 7.91. The highest BCUT2D eigenvalue weighted by Crippen LogP contribution is 2.33. The number of halogens is 4. The summed E-state index contributed by atoms with van der Waals surface area (Å²) in [5, 5.41) is 9.48. The van der Waals surface area contributed by atoms with Crippen molar-refractivity contribution in [1.82, 2.24) is 15.2 Å². The van der Waals surface area contributed by atoms with Crippen LogP contribution in [-0.2, 0) is 16.0 Å². The van der Waals surface area contributed by atoms with E-state index in [1.807, 2.05) is 0 Å². The molecule has 32 heavy (non-hydrogen) atoms. The molecule has 4 aromatic rings. The molecule has 2 aromatic heterocycles. The molecule has 0 fully saturated rings. The first-order chi connectivity index (χ1) is 15.1. The summed E-state index contributed by atoms with van der Waals surface area (Å²) in [5.41, 5.74) is -0.239. The van der Waals surface area contributed by atoms with Crippen molar-refractivity contribution < 1.29 is 21.6 Å². The Hall–Kier alpha value is -3.37. The van der Waals surface area contributed by atoms with Gasteiger partial charge in [-0.3, -0.25) is 5.10 Å². The second-order valence-corrected chi connectivity index (χ2v) is 8.97. The van der Waals surface area contributed by atoms with Crippen LogP contribution >= 0.6 is 11.6 Å². The highest BCUT2D eigenvalue weighted by atomic mass is 35.5. The molecular formula is C21H14ClF3N4O2S. The fourth-order valence-electron chi connectivity index (χ4n) is 2.97. The smallest absolute Gasteiger partial charge is 0.322 e. The maximum Gasteiger partial charge on any atom is 0.416 e. The highest BCUT2D eigenvalue weighted by Gasteiger charge is 2.30. The molecule has 0 radical (unpaired) electrons. The van der Waals surface area contributed by atoms with E-state index >= 15 is 0 Å². The van der Waals surface area contributed by atoms with Crippen LogP contribution in [0.2, 0.25) is 5.15 Å². The van der Waals surface area contributed by atoms with Crippen molar-refractivity contribution in [3.8, 4) is 11.3 Å². The van der Waals surface area contributed by atoms with Crippen molar-refractivity contribution in [3.05, 3.63) is 83.5 Å². The van der Waals surface area contributed by atoms with Crippen LogP contribution in [0.15, 0.2) is 82.6 Å². The van der Waals surface area contributed by atoms with Gasteiger partial charge in [0.05, 0.1) is 16.2 Å². The number of anilines is 2. The van der Waals surface area contributed by atoms with Crippen molar-refractivity contribution >= 4 is 33.1 Å². The minimum Gasteiger partial charge on any atom is -0.322 e. The predicted molar refractivity (Wildman–Crippen MR) is 113 cm³/mol. The molecular weight excluding hydrogens is 465 g/mol. The Morgan fingerprint density at radius 1 is 0.938 bits per heavy atom. The van der Waals surface area contributed by atoms with Crippen molar-refractivity contribution in [2.24, 2.45) is 0 Å². The number of rotatable bonds is 5. The second-order valence-electron chi connectivity index (χ2n) is 6.67. The summed E-state index contributed by atoms with van der Waals surface area (Å²) in [4.78, 5) is 4.00. The number of sulfone groups is 1. The van der Waals surface area contributed by atoms with Crippen LogP contribution in [0.1, 0.15) is 5.56 Å². The lowest BCUT2D eigenvalue weighted by Gasteiger charge is -2.10. The molecule has 164 valence electrons. The first-order valence-corrected chi connectivity index (χ1v) is 11.0. The van der Waals surface area contributed by atoms with Crippen LogP contribution in [-0.4, -0.2) is 23.6 Å². The Labute approximate surface area is 186 Å². The zero-order chi connectivity index (χ0) is 22.9. The molecule has 4 rings (SSSR count). The van der Waals surface area contributed by atoms with Gasteiger partial charge in [0.15, 0.2) is 11.6 Å². The molecule has 0 bridgehead atoms. The largest absolute Gasteiger partial charge is 0.416 e. The number of H-pyrrole nitrogens is 1. The van der Waals surface area contributed by atoms with Gasteiger partial charge in [0, 0.05) is 11.6 Å². The zero-order valence-electron chi connectivity index (χ0n) is 16.1.